The van der Waals surface area contributed by atoms with Crippen LogP contribution in [0.3, 0.4) is 0 Å². The summed E-state index contributed by atoms with van der Waals surface area (Å²) in [7, 11) is -22.3. The summed E-state index contributed by atoms with van der Waals surface area (Å²) in [5.41, 5.74) is 0.505. The van der Waals surface area contributed by atoms with Gasteiger partial charge in [0.15, 0.2) is 12.2 Å². The summed E-state index contributed by atoms with van der Waals surface area (Å²) in [6.07, 6.45) is 19.5. The molecule has 7 unspecified atom stereocenters. The predicted octanol–water partition coefficient (Wildman–Crippen LogP) is 16.2. The summed E-state index contributed by atoms with van der Waals surface area (Å²) in [4.78, 5) is 51.8. The van der Waals surface area contributed by atoms with Crippen molar-refractivity contribution in [3.8, 4) is 0 Å². The molecular formula is C85H102F8O24S4. The molecule has 0 spiro atoms. The van der Waals surface area contributed by atoms with E-state index in [1.165, 1.54) is 76.3 Å². The lowest BCUT2D eigenvalue weighted by molar-refractivity contribution is -0.204. The average Bonchev–Trinajstić information content (AvgIpc) is 1.56. The van der Waals surface area contributed by atoms with Gasteiger partial charge in [0.2, 0.25) is 0 Å². The standard InChI is InChI=1S/C25H36F2O6S.C22H32F2O6S.C21H18F2O6S.C17H16F2O6S/c26-25(27,34(29,30)31)14-32-13-21(23-7-15-1-16(8-23)3-17(2-15)9-23)33-22(28)24-10-18-4-19(11-24)6-20(5-18)12-24;23-22(24,31(26,27)28)12-29-11-19(30-20(25)18-7-13-1-2-17(18)6-13)21-8-14-3-15(9-21)5-16(4-14)10-21;22-21(23,30(25,26)27)14-28-13-19(16-8-2-1-3-9-16)29-20(24)18-12-6-10-15-7-4-5-11-17(15)18;18-17(19,26(21,22)23)12-24-11-15(13-7-3-1-4-8-13)25-16(20)14-9-5-2-6-10-14/h15-21H,1-14H2,(H,29,30,31);13-19H,1-12H2,(H,26,27,28);1-12,19H,13-14H2,(H,25,26,27);1-10,15H,11-12H2,(H,21,22,23). The van der Waals surface area contributed by atoms with E-state index in [1.807, 2.05) is 18.2 Å². The van der Waals surface area contributed by atoms with Gasteiger partial charge >= 0.3 is 85.4 Å². The number of carbonyl (C=O) groups excluding carboxylic acids is 4. The van der Waals surface area contributed by atoms with Crippen molar-refractivity contribution in [2.75, 3.05) is 52.9 Å². The van der Waals surface area contributed by atoms with E-state index in [9.17, 15) is 88.0 Å². The molecule has 24 nitrogen and oxygen atoms in total. The highest BCUT2D eigenvalue weighted by Crippen LogP contribution is 2.65. The summed E-state index contributed by atoms with van der Waals surface area (Å²) in [5, 5.41) is -16.2. The molecule has 0 aliphatic heterocycles. The van der Waals surface area contributed by atoms with Crippen LogP contribution in [-0.2, 0) is 88.0 Å². The largest absolute Gasteiger partial charge is 0.459 e. The maximum atomic E-state index is 13.8. The molecule has 5 aromatic rings. The van der Waals surface area contributed by atoms with Crippen LogP contribution < -0.4 is 0 Å². The first-order chi connectivity index (χ1) is 56.9. The summed E-state index contributed by atoms with van der Waals surface area (Å²) in [6, 6.07) is 36.9. The van der Waals surface area contributed by atoms with E-state index >= 15 is 0 Å². The van der Waals surface area contributed by atoms with Gasteiger partial charge in [0, 0.05) is 10.8 Å². The minimum Gasteiger partial charge on any atom is -0.459 e. The van der Waals surface area contributed by atoms with E-state index in [4.69, 9.17) is 56.1 Å². The minimum atomic E-state index is -5.62. The fourth-order valence-electron chi connectivity index (χ4n) is 22.7. The second-order valence-corrected chi connectivity index (χ2v) is 42.1. The second kappa shape index (κ2) is 36.6. The van der Waals surface area contributed by atoms with Gasteiger partial charge in [-0.2, -0.15) is 68.8 Å². The molecule has 4 N–H and O–H groups in total. The van der Waals surface area contributed by atoms with Gasteiger partial charge in [-0.05, 0) is 240 Å². The molecular weight excluding hydrogens is 1690 g/mol. The third-order valence-electron chi connectivity index (χ3n) is 27.1. The molecule has 19 rings (SSSR count). The number of hydrogen-bond acceptors (Lipinski definition) is 20. The third-order valence-corrected chi connectivity index (χ3v) is 30.6. The SMILES string of the molecule is O=C(OC(COCC(F)(F)S(=O)(=O)O)C12CC3CC(CC(C3)C1)C2)C12CC3CC(CC(C3)C1)C2.O=C(OC(COCC(F)(F)S(=O)(=O)O)C12CC3CC(CC(C3)C1)C2)C1CC2CCC1C2.O=C(OC(COCC(F)(F)S(=O)(=O)O)c1ccccc1)c1cccc2ccccc12.O=C(OC(COCC(F)(F)S(=O)(=O)O)c1ccccc1)c1ccccc1. The lowest BCUT2D eigenvalue weighted by atomic mass is 9.48. The summed E-state index contributed by atoms with van der Waals surface area (Å²) in [5.74, 6) is 4.25. The molecule has 14 aliphatic rings. The molecule has 121 heavy (non-hydrogen) atoms. The van der Waals surface area contributed by atoms with Crippen molar-refractivity contribution < 1.29 is 144 Å². The molecule has 7 atom stereocenters. The van der Waals surface area contributed by atoms with Crippen LogP contribution in [0, 0.1) is 87.3 Å². The van der Waals surface area contributed by atoms with E-state index in [0.29, 0.717) is 81.6 Å². The van der Waals surface area contributed by atoms with Crippen LogP contribution in [0.4, 0.5) is 35.1 Å². The summed E-state index contributed by atoms with van der Waals surface area (Å²) in [6.45, 7) is -7.61. The molecule has 0 saturated heterocycles. The van der Waals surface area contributed by atoms with Gasteiger partial charge in [0.25, 0.3) is 0 Å². The highest BCUT2D eigenvalue weighted by Gasteiger charge is 2.61. The van der Waals surface area contributed by atoms with Gasteiger partial charge in [0.1, 0.15) is 38.6 Å². The predicted molar refractivity (Wildman–Crippen MR) is 419 cm³/mol. The van der Waals surface area contributed by atoms with Crippen molar-refractivity contribution in [3.05, 3.63) is 156 Å². The number of carbonyl (C=O) groups is 4. The van der Waals surface area contributed by atoms with Crippen molar-refractivity contribution in [3.63, 3.8) is 0 Å². The third kappa shape index (κ3) is 21.6. The van der Waals surface area contributed by atoms with Crippen molar-refractivity contribution in [1.29, 1.82) is 0 Å². The van der Waals surface area contributed by atoms with Crippen molar-refractivity contribution in [2.24, 2.45) is 87.3 Å². The monoisotopic (exact) mass is 1790 g/mol. The van der Waals surface area contributed by atoms with Crippen LogP contribution in [0.1, 0.15) is 185 Å². The fourth-order valence-corrected chi connectivity index (χ4v) is 23.7. The molecule has 0 heterocycles. The smallest absolute Gasteiger partial charge is 0.392 e. The molecule has 0 amide bonds. The molecule has 5 aromatic carbocycles. The maximum absolute atomic E-state index is 13.8. The zero-order chi connectivity index (χ0) is 86.9. The van der Waals surface area contributed by atoms with Crippen LogP contribution >= 0.6 is 0 Å². The Bertz CT molecular complexity index is 4840. The summed E-state index contributed by atoms with van der Waals surface area (Å²) >= 11 is 0. The Hall–Kier alpha value is -6.84. The van der Waals surface area contributed by atoms with E-state index in [-0.39, 0.29) is 53.0 Å². The fraction of sp³-hybridized carbons (Fsp3) is 0.624. The number of alkyl halides is 8. The second-order valence-electron chi connectivity index (χ2n) is 35.9. The van der Waals surface area contributed by atoms with Crippen molar-refractivity contribution in [1.82, 2.24) is 0 Å². The Morgan fingerprint density at radius 3 is 1.07 bits per heavy atom. The highest BCUT2D eigenvalue weighted by atomic mass is 32.2. The Balaban J connectivity index is 0.000000140. The molecule has 14 aliphatic carbocycles. The zero-order valence-electron chi connectivity index (χ0n) is 66.3. The first kappa shape index (κ1) is 91.8. The zero-order valence-corrected chi connectivity index (χ0v) is 69.5. The van der Waals surface area contributed by atoms with E-state index in [2.05, 4.69) is 0 Å². The number of halogens is 8. The molecule has 0 radical (unpaired) electrons. The number of fused-ring (bicyclic) bond motifs is 3. The van der Waals surface area contributed by atoms with Crippen LogP contribution in [-0.4, -0.2) is 162 Å². The summed E-state index contributed by atoms with van der Waals surface area (Å²) < 4.78 is 273. The van der Waals surface area contributed by atoms with Crippen LogP contribution in [0.2, 0.25) is 0 Å². The molecule has 14 fully saturated rings. The molecule has 666 valence electrons. The van der Waals surface area contributed by atoms with E-state index < -0.39 is 143 Å². The van der Waals surface area contributed by atoms with Crippen molar-refractivity contribution >= 4 is 75.1 Å². The van der Waals surface area contributed by atoms with Crippen LogP contribution in [0.5, 0.6) is 0 Å². The number of rotatable bonds is 32. The molecule has 14 saturated carbocycles. The Labute approximate surface area is 697 Å². The normalized spacial score (nSPS) is 29.7. The lowest BCUT2D eigenvalue weighted by Crippen LogP contribution is -2.56. The van der Waals surface area contributed by atoms with Gasteiger partial charge < -0.3 is 37.9 Å². The average molecular weight is 1790 g/mol. The Kier molecular flexibility index (Phi) is 27.8. The number of esters is 4. The van der Waals surface area contributed by atoms with Gasteiger partial charge in [-0.1, -0.05) is 122 Å². The maximum Gasteiger partial charge on any atom is 0.392 e. The molecule has 36 heteroatoms. The van der Waals surface area contributed by atoms with Crippen LogP contribution in [0.15, 0.2) is 133 Å². The Morgan fingerprint density at radius 1 is 0.364 bits per heavy atom. The lowest BCUT2D eigenvalue weighted by Gasteiger charge is -2.59. The Morgan fingerprint density at radius 2 is 0.702 bits per heavy atom. The topological polar surface area (TPSA) is 360 Å². The van der Waals surface area contributed by atoms with Gasteiger partial charge in [-0.15, -0.1) is 0 Å². The number of ether oxygens (including phenoxy) is 8. The van der Waals surface area contributed by atoms with Crippen molar-refractivity contribution in [2.45, 2.75) is 187 Å². The first-order valence-corrected chi connectivity index (χ1v) is 46.8. The highest BCUT2D eigenvalue weighted by molar-refractivity contribution is 7.87. The number of hydrogen-bond donors (Lipinski definition) is 4. The van der Waals surface area contributed by atoms with E-state index in [0.717, 1.165) is 82.4 Å². The first-order valence-electron chi connectivity index (χ1n) is 41.1. The van der Waals surface area contributed by atoms with Gasteiger partial charge in [-0.3, -0.25) is 27.8 Å². The molecule has 0 aromatic heterocycles. The minimum absolute atomic E-state index is 0.116. The van der Waals surface area contributed by atoms with E-state index in [1.54, 1.807) is 103 Å². The van der Waals surface area contributed by atoms with Gasteiger partial charge in [-0.25, -0.2) is 9.59 Å². The quantitative estimate of drug-likeness (QED) is 0.0134. The van der Waals surface area contributed by atoms with Gasteiger partial charge in [0.05, 0.1) is 48.9 Å². The molecule has 14 bridgehead atoms. The van der Waals surface area contributed by atoms with Crippen LogP contribution in [0.25, 0.3) is 10.8 Å². The number of benzene rings is 5.